The highest BCUT2D eigenvalue weighted by molar-refractivity contribution is 7.81. The number of amides is 4. The van der Waals surface area contributed by atoms with Crippen LogP contribution in [-0.2, 0) is 25.4 Å². The van der Waals surface area contributed by atoms with Gasteiger partial charge in [0.1, 0.15) is 23.4 Å². The number of halogens is 4. The Labute approximate surface area is 326 Å². The Bertz CT molecular complexity index is 2020. The van der Waals surface area contributed by atoms with Crippen molar-refractivity contribution in [3.63, 3.8) is 0 Å². The molecule has 0 bridgehead atoms. The molecular formula is C37H38ClF3N8O5S. The number of benzene rings is 2. The molecule has 0 saturated carbocycles. The number of carbonyl (C=O) groups excluding carboxylic acids is 4. The van der Waals surface area contributed by atoms with Gasteiger partial charge in [0, 0.05) is 23.5 Å². The molecule has 1 unspecified atom stereocenters. The van der Waals surface area contributed by atoms with E-state index < -0.39 is 34.9 Å². The summed E-state index contributed by atoms with van der Waals surface area (Å²) in [6.07, 6.45) is -1.52. The quantitative estimate of drug-likeness (QED) is 0.182. The topological polar surface area (TPSA) is 160 Å². The van der Waals surface area contributed by atoms with Crippen LogP contribution in [0.3, 0.4) is 0 Å². The summed E-state index contributed by atoms with van der Waals surface area (Å²) in [5.41, 5.74) is -1.70. The molecule has 3 fully saturated rings. The molecule has 0 radical (unpaired) electrons. The van der Waals surface area contributed by atoms with Crippen LogP contribution in [0.4, 0.5) is 35.9 Å². The molecule has 1 atom stereocenters. The van der Waals surface area contributed by atoms with Crippen molar-refractivity contribution in [2.75, 3.05) is 46.7 Å². The first-order chi connectivity index (χ1) is 25.6. The minimum Gasteiger partial charge on any atom is -0.493 e. The standard InChI is InChI=1S/C37H37F3N8O5S.ClH/c1-36(2)34(52)47(26-17-28(37(38,39)40)30(18-41)42-19-26)35(54)48(36)25-6-8-27(9-7-25)53-21-22-12-14-46(15-13-22)20-32(50)44-24-5-3-4-23(16-24)43-29-10-11-31(49)45-33(29)51;/h3-9,16-17,19,22,29,43H,10-15,20-21H2,1-2H3,(H,44,50)(H,45,49,51);1H. The van der Waals surface area contributed by atoms with E-state index in [0.29, 0.717) is 55.0 Å². The van der Waals surface area contributed by atoms with E-state index in [1.807, 2.05) is 0 Å². The van der Waals surface area contributed by atoms with Gasteiger partial charge >= 0.3 is 6.18 Å². The van der Waals surface area contributed by atoms with Crippen molar-refractivity contribution in [1.82, 2.24) is 15.2 Å². The molecule has 2 aromatic carbocycles. The maximum absolute atomic E-state index is 13.6. The number of nitrogens with zero attached hydrogens (tertiary/aromatic N) is 5. The number of pyridine rings is 1. The summed E-state index contributed by atoms with van der Waals surface area (Å²) in [7, 11) is 0. The first kappa shape index (κ1) is 40.9. The third-order valence-corrected chi connectivity index (χ3v) is 9.96. The van der Waals surface area contributed by atoms with E-state index in [0.717, 1.165) is 23.9 Å². The number of likely N-dealkylation sites (tertiary alicyclic amines) is 1. The van der Waals surface area contributed by atoms with Crippen LogP contribution in [0.15, 0.2) is 60.8 Å². The fourth-order valence-electron chi connectivity index (χ4n) is 6.68. The highest BCUT2D eigenvalue weighted by atomic mass is 35.5. The average Bonchev–Trinajstić information content (AvgIpc) is 3.30. The Hall–Kier alpha value is -5.31. The number of hydrogen-bond acceptors (Lipinski definition) is 10. The summed E-state index contributed by atoms with van der Waals surface area (Å²) >= 11 is 5.60. The molecule has 4 amide bonds. The second-order valence-electron chi connectivity index (χ2n) is 13.8. The largest absolute Gasteiger partial charge is 0.493 e. The van der Waals surface area contributed by atoms with Crippen molar-refractivity contribution in [2.24, 2.45) is 5.92 Å². The minimum atomic E-state index is -4.85. The lowest BCUT2D eigenvalue weighted by molar-refractivity contribution is -0.138. The molecule has 6 rings (SSSR count). The van der Waals surface area contributed by atoms with E-state index in [4.69, 9.17) is 22.2 Å². The van der Waals surface area contributed by atoms with Crippen LogP contribution in [0.1, 0.15) is 50.8 Å². The predicted octanol–water partition coefficient (Wildman–Crippen LogP) is 5.26. The van der Waals surface area contributed by atoms with E-state index in [-0.39, 0.29) is 59.8 Å². The maximum Gasteiger partial charge on any atom is 0.419 e. The summed E-state index contributed by atoms with van der Waals surface area (Å²) in [4.78, 5) is 58.1. The van der Waals surface area contributed by atoms with Crippen LogP contribution in [-0.4, -0.2) is 76.4 Å². The highest BCUT2D eigenvalue weighted by Crippen LogP contribution is 2.39. The Balaban J connectivity index is 0.00000580. The zero-order chi connectivity index (χ0) is 38.8. The molecule has 4 heterocycles. The lowest BCUT2D eigenvalue weighted by Crippen LogP contribution is -2.47. The minimum absolute atomic E-state index is 0. The van der Waals surface area contributed by atoms with E-state index in [1.165, 1.54) is 6.07 Å². The second kappa shape index (κ2) is 16.6. The van der Waals surface area contributed by atoms with Gasteiger partial charge in [-0.2, -0.15) is 18.4 Å². The summed E-state index contributed by atoms with van der Waals surface area (Å²) in [6, 6.07) is 15.6. The van der Waals surface area contributed by atoms with Gasteiger partial charge in [0.05, 0.1) is 30.6 Å². The number of alkyl halides is 3. The van der Waals surface area contributed by atoms with Crippen LogP contribution >= 0.6 is 24.6 Å². The SMILES string of the molecule is CC1(C)C(=O)N(c2cnc(C#N)c(C(F)(F)F)c2)C(=S)N1c1ccc(OCC2CCN(CC(=O)Nc3cccc(NC4CCC(=O)NC4=O)c3)CC2)cc1.Cl. The van der Waals surface area contributed by atoms with Gasteiger partial charge in [-0.25, -0.2) is 4.98 Å². The van der Waals surface area contributed by atoms with E-state index in [2.05, 4.69) is 25.8 Å². The Morgan fingerprint density at radius 1 is 1.05 bits per heavy atom. The van der Waals surface area contributed by atoms with Crippen molar-refractivity contribution in [1.29, 1.82) is 5.26 Å². The molecular weight excluding hydrogens is 761 g/mol. The van der Waals surface area contributed by atoms with Gasteiger partial charge in [0.15, 0.2) is 10.8 Å². The molecule has 18 heteroatoms. The van der Waals surface area contributed by atoms with Gasteiger partial charge in [0.2, 0.25) is 17.7 Å². The third kappa shape index (κ3) is 9.15. The Kier molecular flexibility index (Phi) is 12.3. The van der Waals surface area contributed by atoms with Gasteiger partial charge < -0.3 is 20.3 Å². The molecule has 13 nitrogen and oxygen atoms in total. The van der Waals surface area contributed by atoms with Gasteiger partial charge in [0.25, 0.3) is 5.91 Å². The first-order valence-corrected chi connectivity index (χ1v) is 17.7. The number of nitrogens with one attached hydrogen (secondary N) is 3. The maximum atomic E-state index is 13.6. The molecule has 3 aliphatic heterocycles. The zero-order valence-electron chi connectivity index (χ0n) is 29.8. The number of ether oxygens (including phenoxy) is 1. The average molecular weight is 799 g/mol. The van der Waals surface area contributed by atoms with Crippen molar-refractivity contribution in [3.05, 3.63) is 72.1 Å². The number of aromatic nitrogens is 1. The molecule has 0 aliphatic carbocycles. The highest BCUT2D eigenvalue weighted by Gasteiger charge is 2.51. The lowest BCUT2D eigenvalue weighted by Gasteiger charge is -2.31. The Morgan fingerprint density at radius 3 is 2.40 bits per heavy atom. The molecule has 3 aliphatic rings. The summed E-state index contributed by atoms with van der Waals surface area (Å²) in [6.45, 7) is 5.33. The van der Waals surface area contributed by atoms with E-state index >= 15 is 0 Å². The fraction of sp³-hybridized carbons (Fsp3) is 0.378. The number of rotatable bonds is 10. The van der Waals surface area contributed by atoms with Gasteiger partial charge in [-0.15, -0.1) is 12.4 Å². The molecule has 3 N–H and O–H groups in total. The van der Waals surface area contributed by atoms with Crippen LogP contribution in [0.2, 0.25) is 0 Å². The molecule has 3 aromatic rings. The molecule has 290 valence electrons. The van der Waals surface area contributed by atoms with Crippen molar-refractivity contribution in [2.45, 2.75) is 57.3 Å². The number of hydrogen-bond donors (Lipinski definition) is 3. The second-order valence-corrected chi connectivity index (χ2v) is 14.2. The number of carbonyl (C=O) groups is 4. The predicted molar refractivity (Wildman–Crippen MR) is 204 cm³/mol. The van der Waals surface area contributed by atoms with Crippen LogP contribution in [0.25, 0.3) is 0 Å². The molecule has 0 spiro atoms. The van der Waals surface area contributed by atoms with Crippen LogP contribution in [0, 0.1) is 17.2 Å². The van der Waals surface area contributed by atoms with Gasteiger partial charge in [-0.05, 0) is 113 Å². The van der Waals surface area contributed by atoms with Crippen molar-refractivity contribution in [3.8, 4) is 11.8 Å². The summed E-state index contributed by atoms with van der Waals surface area (Å²) in [5.74, 6) is -0.517. The number of anilines is 4. The van der Waals surface area contributed by atoms with Crippen molar-refractivity contribution < 1.29 is 37.1 Å². The summed E-state index contributed by atoms with van der Waals surface area (Å²) < 4.78 is 47.0. The Morgan fingerprint density at radius 2 is 1.75 bits per heavy atom. The van der Waals surface area contributed by atoms with Gasteiger partial charge in [-0.1, -0.05) is 6.07 Å². The third-order valence-electron chi connectivity index (χ3n) is 9.59. The summed E-state index contributed by atoms with van der Waals surface area (Å²) in [5, 5.41) is 17.4. The number of imide groups is 1. The van der Waals surface area contributed by atoms with E-state index in [9.17, 15) is 32.3 Å². The molecule has 55 heavy (non-hydrogen) atoms. The van der Waals surface area contributed by atoms with Crippen molar-refractivity contribution >= 4 is 76.1 Å². The normalized spacial score (nSPS) is 19.0. The number of piperidine rings is 2. The van der Waals surface area contributed by atoms with Crippen LogP contribution < -0.4 is 30.5 Å². The smallest absolute Gasteiger partial charge is 0.419 e. The number of nitriles is 1. The molecule has 3 saturated heterocycles. The first-order valence-electron chi connectivity index (χ1n) is 17.3. The zero-order valence-corrected chi connectivity index (χ0v) is 31.4. The molecule has 1 aromatic heterocycles. The lowest BCUT2D eigenvalue weighted by atomic mass is 9.98. The van der Waals surface area contributed by atoms with E-state index in [1.54, 1.807) is 67.3 Å². The fourth-order valence-corrected chi connectivity index (χ4v) is 7.20. The van der Waals surface area contributed by atoms with Gasteiger partial charge in [-0.3, -0.25) is 34.3 Å². The van der Waals surface area contributed by atoms with Crippen LogP contribution in [0.5, 0.6) is 5.75 Å². The number of thiocarbonyl (C=S) groups is 1. The monoisotopic (exact) mass is 798 g/mol.